The number of amides is 2. The van der Waals surface area contributed by atoms with Crippen LogP contribution in [0.4, 0.5) is 5.69 Å². The van der Waals surface area contributed by atoms with E-state index in [4.69, 9.17) is 0 Å². The summed E-state index contributed by atoms with van der Waals surface area (Å²) in [6.07, 6.45) is 0. The molecule has 7 nitrogen and oxygen atoms in total. The van der Waals surface area contributed by atoms with Crippen molar-refractivity contribution in [3.8, 4) is 0 Å². The van der Waals surface area contributed by atoms with Gasteiger partial charge in [0.05, 0.1) is 4.90 Å². The molecule has 1 heterocycles. The molecule has 2 amide bonds. The summed E-state index contributed by atoms with van der Waals surface area (Å²) in [5, 5.41) is 3.49. The van der Waals surface area contributed by atoms with E-state index in [2.05, 4.69) is 21.5 Å². The molecule has 29 heavy (non-hydrogen) atoms. The fourth-order valence-electron chi connectivity index (χ4n) is 3.36. The first-order valence-electron chi connectivity index (χ1n) is 9.18. The van der Waals surface area contributed by atoms with Gasteiger partial charge in [-0.1, -0.05) is 0 Å². The highest BCUT2D eigenvalue weighted by Gasteiger charge is 2.20. The van der Waals surface area contributed by atoms with Crippen molar-refractivity contribution >= 4 is 38.4 Å². The molecular weight excluding hydrogens is 390 g/mol. The monoisotopic (exact) mass is 413 g/mol. The van der Waals surface area contributed by atoms with Crippen LogP contribution in [0.5, 0.6) is 0 Å². The second-order valence-electron chi connectivity index (χ2n) is 6.83. The number of rotatable bonds is 5. The average Bonchev–Trinajstić information content (AvgIpc) is 2.91. The van der Waals surface area contributed by atoms with Crippen LogP contribution in [0.15, 0.2) is 47.4 Å². The third kappa shape index (κ3) is 4.02. The summed E-state index contributed by atoms with van der Waals surface area (Å²) in [5.41, 5.74) is 3.93. The topological polar surface area (TPSA) is 97.3 Å². The van der Waals surface area contributed by atoms with Gasteiger partial charge in [-0.25, -0.2) is 13.1 Å². The smallest absolute Gasteiger partial charge is 0.265 e. The van der Waals surface area contributed by atoms with Crippen LogP contribution in [0.2, 0.25) is 0 Å². The van der Waals surface area contributed by atoms with Gasteiger partial charge < -0.3 is 9.88 Å². The lowest BCUT2D eigenvalue weighted by molar-refractivity contribution is -0.114. The molecule has 3 rings (SSSR count). The Morgan fingerprint density at radius 2 is 1.69 bits per heavy atom. The maximum absolute atomic E-state index is 12.6. The van der Waals surface area contributed by atoms with Crippen LogP contribution < -0.4 is 10.0 Å². The highest BCUT2D eigenvalue weighted by molar-refractivity contribution is 7.90. The van der Waals surface area contributed by atoms with Crippen LogP contribution >= 0.6 is 0 Å². The van der Waals surface area contributed by atoms with Gasteiger partial charge in [-0.2, -0.15) is 0 Å². The van der Waals surface area contributed by atoms with E-state index in [1.807, 2.05) is 19.9 Å². The zero-order chi connectivity index (χ0) is 21.3. The van der Waals surface area contributed by atoms with E-state index in [1.165, 1.54) is 31.2 Å². The van der Waals surface area contributed by atoms with Crippen LogP contribution in [-0.4, -0.2) is 24.8 Å². The maximum Gasteiger partial charge on any atom is 0.265 e. The van der Waals surface area contributed by atoms with Crippen LogP contribution in [0.3, 0.4) is 0 Å². The van der Waals surface area contributed by atoms with E-state index in [0.29, 0.717) is 5.69 Å². The number of aryl methyl sites for hydroxylation is 2. The lowest BCUT2D eigenvalue weighted by atomic mass is 10.1. The first-order chi connectivity index (χ1) is 13.6. The number of nitrogens with zero attached hydrogens (tertiary/aromatic N) is 1. The standard InChI is InChI=1S/C21H23N3O4S/c1-5-24-14(3)13(2)19-12-16(6-11-20(19)24)21(26)23-29(27,28)18-9-7-17(8-10-18)22-15(4)25/h6-12H,5H2,1-4H3,(H,22,25)(H,23,26). The zero-order valence-electron chi connectivity index (χ0n) is 16.7. The summed E-state index contributed by atoms with van der Waals surface area (Å²) in [5.74, 6) is -0.953. The van der Waals surface area contributed by atoms with Gasteiger partial charge in [0.1, 0.15) is 0 Å². The van der Waals surface area contributed by atoms with Gasteiger partial charge in [-0.3, -0.25) is 9.59 Å². The Kier molecular flexibility index (Phi) is 5.48. The molecule has 0 saturated heterocycles. The van der Waals surface area contributed by atoms with Crippen molar-refractivity contribution < 1.29 is 18.0 Å². The number of carbonyl (C=O) groups excluding carboxylic acids is 2. The van der Waals surface area contributed by atoms with Crippen molar-refractivity contribution in [1.29, 1.82) is 0 Å². The molecule has 0 aliphatic carbocycles. The van der Waals surface area contributed by atoms with Crippen LogP contribution in [0, 0.1) is 13.8 Å². The third-order valence-corrected chi connectivity index (χ3v) is 6.28. The normalized spacial score (nSPS) is 11.4. The van der Waals surface area contributed by atoms with Gasteiger partial charge in [0.15, 0.2) is 0 Å². The molecule has 0 aliphatic rings. The van der Waals surface area contributed by atoms with Crippen molar-refractivity contribution in [2.75, 3.05) is 5.32 Å². The highest BCUT2D eigenvalue weighted by atomic mass is 32.2. The fourth-order valence-corrected chi connectivity index (χ4v) is 4.33. The number of aromatic nitrogens is 1. The Labute approximate surface area is 169 Å². The predicted octanol–water partition coefficient (Wildman–Crippen LogP) is 3.36. The number of hydrogen-bond acceptors (Lipinski definition) is 4. The number of benzene rings is 2. The average molecular weight is 413 g/mol. The molecule has 0 spiro atoms. The van der Waals surface area contributed by atoms with Gasteiger partial charge in [0.25, 0.3) is 15.9 Å². The summed E-state index contributed by atoms with van der Waals surface area (Å²) in [6.45, 7) is 8.23. The van der Waals surface area contributed by atoms with Crippen LogP contribution in [0.25, 0.3) is 10.9 Å². The number of sulfonamides is 1. The first-order valence-corrected chi connectivity index (χ1v) is 10.7. The number of hydrogen-bond donors (Lipinski definition) is 2. The minimum atomic E-state index is -4.04. The lowest BCUT2D eigenvalue weighted by Gasteiger charge is -2.09. The Balaban J connectivity index is 1.87. The van der Waals surface area contributed by atoms with Crippen molar-refractivity contribution in [3.05, 3.63) is 59.3 Å². The van der Waals surface area contributed by atoms with Crippen LogP contribution in [-0.2, 0) is 21.4 Å². The highest BCUT2D eigenvalue weighted by Crippen LogP contribution is 2.26. The zero-order valence-corrected chi connectivity index (χ0v) is 17.6. The first kappa shape index (κ1) is 20.6. The van der Waals surface area contributed by atoms with Crippen molar-refractivity contribution in [2.45, 2.75) is 39.1 Å². The second-order valence-corrected chi connectivity index (χ2v) is 8.51. The largest absolute Gasteiger partial charge is 0.345 e. The molecule has 3 aromatic rings. The number of carbonyl (C=O) groups is 2. The van der Waals surface area contributed by atoms with Crippen molar-refractivity contribution in [1.82, 2.24) is 9.29 Å². The molecule has 0 saturated carbocycles. The Hall–Kier alpha value is -3.13. The summed E-state index contributed by atoms with van der Waals surface area (Å²) < 4.78 is 29.4. The number of anilines is 1. The number of nitrogens with one attached hydrogen (secondary N) is 2. The Bertz CT molecular complexity index is 1210. The molecule has 2 N–H and O–H groups in total. The van der Waals surface area contributed by atoms with Gasteiger partial charge in [-0.05, 0) is 68.8 Å². The summed E-state index contributed by atoms with van der Waals surface area (Å²) in [6, 6.07) is 10.8. The molecule has 0 bridgehead atoms. The Morgan fingerprint density at radius 1 is 1.03 bits per heavy atom. The molecule has 0 fully saturated rings. The molecule has 2 aromatic carbocycles. The van der Waals surface area contributed by atoms with Crippen molar-refractivity contribution in [2.24, 2.45) is 0 Å². The molecule has 1 aromatic heterocycles. The minimum absolute atomic E-state index is 0.0646. The SMILES string of the molecule is CCn1c(C)c(C)c2cc(C(=O)NS(=O)(=O)c3ccc(NC(C)=O)cc3)ccc21. The molecule has 152 valence electrons. The van der Waals surface area contributed by atoms with Gasteiger partial charge >= 0.3 is 0 Å². The molecular formula is C21H23N3O4S. The molecule has 8 heteroatoms. The Morgan fingerprint density at radius 3 is 2.28 bits per heavy atom. The van der Waals surface area contributed by atoms with E-state index in [9.17, 15) is 18.0 Å². The summed E-state index contributed by atoms with van der Waals surface area (Å²) >= 11 is 0. The van der Waals surface area contributed by atoms with Crippen LogP contribution in [0.1, 0.15) is 35.5 Å². The van der Waals surface area contributed by atoms with Gasteiger partial charge in [0, 0.05) is 41.3 Å². The lowest BCUT2D eigenvalue weighted by Crippen LogP contribution is -2.30. The molecule has 0 unspecified atom stereocenters. The van der Waals surface area contributed by atoms with E-state index < -0.39 is 15.9 Å². The van der Waals surface area contributed by atoms with Gasteiger partial charge in [0.2, 0.25) is 5.91 Å². The third-order valence-electron chi connectivity index (χ3n) is 4.93. The fraction of sp³-hybridized carbons (Fsp3) is 0.238. The summed E-state index contributed by atoms with van der Waals surface area (Å²) in [7, 11) is -4.04. The van der Waals surface area contributed by atoms with E-state index in [1.54, 1.807) is 12.1 Å². The molecule has 0 atom stereocenters. The summed E-state index contributed by atoms with van der Waals surface area (Å²) in [4.78, 5) is 23.6. The second kappa shape index (κ2) is 7.71. The van der Waals surface area contributed by atoms with Gasteiger partial charge in [-0.15, -0.1) is 0 Å². The van der Waals surface area contributed by atoms with Crippen molar-refractivity contribution in [3.63, 3.8) is 0 Å². The van der Waals surface area contributed by atoms with E-state index in [0.717, 1.165) is 28.7 Å². The van der Waals surface area contributed by atoms with E-state index in [-0.39, 0.29) is 16.4 Å². The maximum atomic E-state index is 12.6. The minimum Gasteiger partial charge on any atom is -0.345 e. The molecule has 0 aliphatic heterocycles. The quantitative estimate of drug-likeness (QED) is 0.670. The predicted molar refractivity (Wildman–Crippen MR) is 112 cm³/mol. The molecule has 0 radical (unpaired) electrons. The number of fused-ring (bicyclic) bond motifs is 1. The van der Waals surface area contributed by atoms with E-state index >= 15 is 0 Å².